The third-order valence-electron chi connectivity index (χ3n) is 3.83. The molecular formula is C20H34N6OS. The van der Waals surface area contributed by atoms with Gasteiger partial charge in [-0.15, -0.1) is 0 Å². The molecule has 7 nitrogen and oxygen atoms in total. The van der Waals surface area contributed by atoms with Gasteiger partial charge >= 0.3 is 0 Å². The molecule has 28 heavy (non-hydrogen) atoms. The van der Waals surface area contributed by atoms with Crippen LogP contribution in [0.15, 0.2) is 11.4 Å². The third kappa shape index (κ3) is 6.96. The van der Waals surface area contributed by atoms with Gasteiger partial charge in [0, 0.05) is 24.8 Å². The van der Waals surface area contributed by atoms with E-state index in [4.69, 9.17) is 9.97 Å². The number of carbonyl (C=O) groups excluding carboxylic acids is 1. The van der Waals surface area contributed by atoms with Gasteiger partial charge in [0.25, 0.3) is 0 Å². The number of amides is 1. The summed E-state index contributed by atoms with van der Waals surface area (Å²) in [6.45, 7) is 16.7. The number of nitrogens with one attached hydrogen (secondary N) is 2. The smallest absolute Gasteiger partial charge is 0.220 e. The standard InChI is InChI=1S/C20H34N6OS/c1-13(2)11-22-17-15-12-23-26(9-8-21-16(27)10-20(5,6)7)18(15)25-19(24-17)28-14(3)4/h12-14H,8-11H2,1-7H3,(H,21,27)(H,22,24,25). The van der Waals surface area contributed by atoms with Crippen LogP contribution in [0.3, 0.4) is 0 Å². The van der Waals surface area contributed by atoms with Crippen LogP contribution in [-0.2, 0) is 11.3 Å². The molecule has 0 spiro atoms. The highest BCUT2D eigenvalue weighted by Crippen LogP contribution is 2.26. The topological polar surface area (TPSA) is 84.7 Å². The van der Waals surface area contributed by atoms with Gasteiger partial charge in [0.1, 0.15) is 5.82 Å². The first kappa shape index (κ1) is 22.5. The molecule has 2 heterocycles. The van der Waals surface area contributed by atoms with E-state index >= 15 is 0 Å². The molecule has 8 heteroatoms. The summed E-state index contributed by atoms with van der Waals surface area (Å²) < 4.78 is 1.85. The van der Waals surface area contributed by atoms with Crippen molar-refractivity contribution >= 4 is 34.5 Å². The summed E-state index contributed by atoms with van der Waals surface area (Å²) in [6.07, 6.45) is 2.31. The molecule has 1 amide bonds. The molecule has 0 fully saturated rings. The van der Waals surface area contributed by atoms with Gasteiger partial charge < -0.3 is 10.6 Å². The lowest BCUT2D eigenvalue weighted by molar-refractivity contribution is -0.122. The van der Waals surface area contributed by atoms with Crippen molar-refractivity contribution < 1.29 is 4.79 Å². The highest BCUT2D eigenvalue weighted by molar-refractivity contribution is 7.99. The van der Waals surface area contributed by atoms with Gasteiger partial charge in [-0.2, -0.15) is 5.10 Å². The summed E-state index contributed by atoms with van der Waals surface area (Å²) in [7, 11) is 0. The predicted octanol–water partition coefficient (Wildman–Crippen LogP) is 3.95. The van der Waals surface area contributed by atoms with Gasteiger partial charge in [0.15, 0.2) is 10.8 Å². The molecule has 156 valence electrons. The van der Waals surface area contributed by atoms with Crippen LogP contribution >= 0.6 is 11.8 Å². The predicted molar refractivity (Wildman–Crippen MR) is 117 cm³/mol. The van der Waals surface area contributed by atoms with E-state index in [0.717, 1.165) is 28.6 Å². The Morgan fingerprint density at radius 1 is 1.21 bits per heavy atom. The number of rotatable bonds is 9. The number of thioether (sulfide) groups is 1. The van der Waals surface area contributed by atoms with Crippen molar-refractivity contribution in [3.8, 4) is 0 Å². The average molecular weight is 407 g/mol. The molecular weight excluding hydrogens is 372 g/mol. The Morgan fingerprint density at radius 2 is 1.93 bits per heavy atom. The minimum atomic E-state index is -0.0182. The van der Waals surface area contributed by atoms with Crippen molar-refractivity contribution in [2.75, 3.05) is 18.4 Å². The summed E-state index contributed by atoms with van der Waals surface area (Å²) in [5.41, 5.74) is 0.782. The molecule has 2 N–H and O–H groups in total. The summed E-state index contributed by atoms with van der Waals surface area (Å²) in [5, 5.41) is 12.9. The lowest BCUT2D eigenvalue weighted by atomic mass is 9.92. The lowest BCUT2D eigenvalue weighted by Crippen LogP contribution is -2.30. The first-order valence-electron chi connectivity index (χ1n) is 9.96. The van der Waals surface area contributed by atoms with Crippen LogP contribution in [0.25, 0.3) is 11.0 Å². The maximum Gasteiger partial charge on any atom is 0.220 e. The lowest BCUT2D eigenvalue weighted by Gasteiger charge is -2.17. The zero-order valence-electron chi connectivity index (χ0n) is 18.2. The van der Waals surface area contributed by atoms with Crippen molar-refractivity contribution in [3.05, 3.63) is 6.20 Å². The molecule has 0 saturated heterocycles. The van der Waals surface area contributed by atoms with Crippen molar-refractivity contribution in [1.29, 1.82) is 0 Å². The Labute approximate surface area is 172 Å². The molecule has 0 aliphatic rings. The molecule has 0 radical (unpaired) electrons. The van der Waals surface area contributed by atoms with Crippen LogP contribution in [0.2, 0.25) is 0 Å². The number of nitrogens with zero attached hydrogens (tertiary/aromatic N) is 4. The molecule has 2 rings (SSSR count). The Hall–Kier alpha value is -1.83. The Kier molecular flexibility index (Phi) is 7.69. The number of hydrogen-bond donors (Lipinski definition) is 2. The second-order valence-electron chi connectivity index (χ2n) is 8.99. The second-order valence-corrected chi connectivity index (χ2v) is 10.5. The molecule has 2 aromatic rings. The molecule has 0 aliphatic heterocycles. The van der Waals surface area contributed by atoms with Gasteiger partial charge in [0.05, 0.1) is 18.1 Å². The Balaban J connectivity index is 2.17. The van der Waals surface area contributed by atoms with E-state index in [-0.39, 0.29) is 11.3 Å². The second kappa shape index (κ2) is 9.58. The van der Waals surface area contributed by atoms with E-state index in [2.05, 4.69) is 64.2 Å². The van der Waals surface area contributed by atoms with E-state index in [9.17, 15) is 4.79 Å². The molecule has 0 aliphatic carbocycles. The molecule has 0 unspecified atom stereocenters. The van der Waals surface area contributed by atoms with Crippen LogP contribution in [0.5, 0.6) is 0 Å². The zero-order chi connectivity index (χ0) is 20.9. The molecule has 0 bridgehead atoms. The molecule has 0 atom stereocenters. The van der Waals surface area contributed by atoms with Crippen molar-refractivity contribution in [3.63, 3.8) is 0 Å². The minimum absolute atomic E-state index is 0.0182. The van der Waals surface area contributed by atoms with E-state index in [1.165, 1.54) is 0 Å². The van der Waals surface area contributed by atoms with Crippen LogP contribution in [-0.4, -0.2) is 44.0 Å². The van der Waals surface area contributed by atoms with Crippen LogP contribution in [0.1, 0.15) is 54.9 Å². The highest BCUT2D eigenvalue weighted by atomic mass is 32.2. The SMILES string of the molecule is CC(C)CNc1nc(SC(C)C)nc2c1cnn2CCNC(=O)CC(C)(C)C. The van der Waals surface area contributed by atoms with Crippen molar-refractivity contribution in [1.82, 2.24) is 25.1 Å². The van der Waals surface area contributed by atoms with Crippen LogP contribution in [0, 0.1) is 11.3 Å². The fourth-order valence-corrected chi connectivity index (χ4v) is 3.35. The third-order valence-corrected chi connectivity index (χ3v) is 4.70. The van der Waals surface area contributed by atoms with E-state index < -0.39 is 0 Å². The quantitative estimate of drug-likeness (QED) is 0.484. The van der Waals surface area contributed by atoms with E-state index in [1.54, 1.807) is 18.0 Å². The fraction of sp³-hybridized carbons (Fsp3) is 0.700. The van der Waals surface area contributed by atoms with Crippen molar-refractivity contribution in [2.45, 2.75) is 71.8 Å². The average Bonchev–Trinajstić information content (AvgIpc) is 2.93. The Morgan fingerprint density at radius 3 is 2.54 bits per heavy atom. The number of carbonyl (C=O) groups is 1. The molecule has 0 aromatic carbocycles. The van der Waals surface area contributed by atoms with Gasteiger partial charge in [0.2, 0.25) is 5.91 Å². The first-order valence-corrected chi connectivity index (χ1v) is 10.8. The van der Waals surface area contributed by atoms with Gasteiger partial charge in [-0.3, -0.25) is 4.79 Å². The zero-order valence-corrected chi connectivity index (χ0v) is 19.0. The van der Waals surface area contributed by atoms with Gasteiger partial charge in [-0.05, 0) is 11.3 Å². The van der Waals surface area contributed by atoms with Crippen LogP contribution in [0.4, 0.5) is 5.82 Å². The number of fused-ring (bicyclic) bond motifs is 1. The van der Waals surface area contributed by atoms with Crippen molar-refractivity contribution in [2.24, 2.45) is 11.3 Å². The van der Waals surface area contributed by atoms with Gasteiger partial charge in [-0.25, -0.2) is 14.6 Å². The number of hydrogen-bond acceptors (Lipinski definition) is 6. The largest absolute Gasteiger partial charge is 0.369 e. The first-order chi connectivity index (χ1) is 13.0. The van der Waals surface area contributed by atoms with Gasteiger partial charge in [-0.1, -0.05) is 60.2 Å². The van der Waals surface area contributed by atoms with E-state index in [1.807, 2.05) is 4.68 Å². The summed E-state index contributed by atoms with van der Waals surface area (Å²) in [6, 6.07) is 0. The summed E-state index contributed by atoms with van der Waals surface area (Å²) >= 11 is 1.64. The summed E-state index contributed by atoms with van der Waals surface area (Å²) in [4.78, 5) is 21.5. The van der Waals surface area contributed by atoms with Crippen LogP contribution < -0.4 is 10.6 Å². The number of anilines is 1. The normalized spacial score (nSPS) is 12.2. The minimum Gasteiger partial charge on any atom is -0.369 e. The fourth-order valence-electron chi connectivity index (χ4n) is 2.64. The highest BCUT2D eigenvalue weighted by Gasteiger charge is 2.17. The number of aromatic nitrogens is 4. The summed E-state index contributed by atoms with van der Waals surface area (Å²) in [5.74, 6) is 1.40. The maximum absolute atomic E-state index is 12.0. The molecule has 2 aromatic heterocycles. The molecule has 0 saturated carbocycles. The Bertz CT molecular complexity index is 794. The monoisotopic (exact) mass is 406 g/mol. The van der Waals surface area contributed by atoms with E-state index in [0.29, 0.717) is 30.7 Å². The maximum atomic E-state index is 12.0.